The molecule has 1 atom stereocenters. The van der Waals surface area contributed by atoms with Crippen molar-refractivity contribution in [3.63, 3.8) is 0 Å². The molecule has 0 unspecified atom stereocenters. The lowest BCUT2D eigenvalue weighted by Gasteiger charge is -2.14. The fourth-order valence-corrected chi connectivity index (χ4v) is 1.70. The Morgan fingerprint density at radius 2 is 2.05 bits per heavy atom. The molecule has 0 aliphatic carbocycles. The number of hydrogen-bond donors (Lipinski definition) is 2. The summed E-state index contributed by atoms with van der Waals surface area (Å²) >= 11 is 0. The first-order chi connectivity index (χ1) is 9.58. The van der Waals surface area contributed by atoms with Crippen molar-refractivity contribution in [2.24, 2.45) is 11.7 Å². The van der Waals surface area contributed by atoms with Crippen LogP contribution in [0, 0.1) is 5.92 Å². The van der Waals surface area contributed by atoms with Gasteiger partial charge in [-0.1, -0.05) is 32.0 Å². The van der Waals surface area contributed by atoms with Gasteiger partial charge in [0.05, 0.1) is 18.3 Å². The minimum Gasteiger partial charge on any atom is -0.444 e. The van der Waals surface area contributed by atoms with E-state index in [1.165, 1.54) is 0 Å². The molecule has 0 saturated heterocycles. The number of benzene rings is 1. The van der Waals surface area contributed by atoms with Crippen LogP contribution in [0.3, 0.4) is 0 Å². The third kappa shape index (κ3) is 3.45. The highest BCUT2D eigenvalue weighted by atomic mass is 16.3. The van der Waals surface area contributed by atoms with Crippen LogP contribution in [0.2, 0.25) is 0 Å². The van der Waals surface area contributed by atoms with E-state index in [4.69, 9.17) is 10.2 Å². The molecule has 0 aliphatic rings. The van der Waals surface area contributed by atoms with Crippen molar-refractivity contribution in [1.29, 1.82) is 0 Å². The zero-order chi connectivity index (χ0) is 14.5. The van der Waals surface area contributed by atoms with E-state index in [0.717, 1.165) is 5.56 Å². The summed E-state index contributed by atoms with van der Waals surface area (Å²) in [6.07, 6.45) is 1.55. The number of rotatable bonds is 5. The van der Waals surface area contributed by atoms with Crippen LogP contribution in [-0.2, 0) is 11.3 Å². The third-order valence-electron chi connectivity index (χ3n) is 3.04. The predicted molar refractivity (Wildman–Crippen MR) is 76.6 cm³/mol. The number of hydrogen-bond acceptors (Lipinski definition) is 4. The Bertz CT molecular complexity index is 564. The molecule has 1 aromatic heterocycles. The number of amides is 1. The van der Waals surface area contributed by atoms with Gasteiger partial charge < -0.3 is 15.5 Å². The summed E-state index contributed by atoms with van der Waals surface area (Å²) in [6.45, 7) is 4.14. The lowest BCUT2D eigenvalue weighted by Crippen LogP contribution is -2.43. The van der Waals surface area contributed by atoms with Crippen molar-refractivity contribution < 1.29 is 9.21 Å². The zero-order valence-electron chi connectivity index (χ0n) is 11.7. The van der Waals surface area contributed by atoms with Gasteiger partial charge in [0, 0.05) is 5.56 Å². The largest absolute Gasteiger partial charge is 0.444 e. The maximum Gasteiger partial charge on any atom is 0.237 e. The lowest BCUT2D eigenvalue weighted by atomic mass is 10.1. The van der Waals surface area contributed by atoms with Crippen molar-refractivity contribution in [3.05, 3.63) is 42.3 Å². The van der Waals surface area contributed by atoms with Gasteiger partial charge in [0.1, 0.15) is 6.26 Å². The molecule has 5 nitrogen and oxygen atoms in total. The molecule has 1 amide bonds. The molecule has 0 aliphatic heterocycles. The molecule has 1 heterocycles. The first-order valence-corrected chi connectivity index (χ1v) is 6.61. The van der Waals surface area contributed by atoms with E-state index in [1.54, 1.807) is 6.26 Å². The first-order valence-electron chi connectivity index (χ1n) is 6.61. The van der Waals surface area contributed by atoms with Gasteiger partial charge in [-0.25, -0.2) is 4.98 Å². The van der Waals surface area contributed by atoms with Gasteiger partial charge in [-0.05, 0) is 18.1 Å². The average Bonchev–Trinajstić information content (AvgIpc) is 2.93. The minimum absolute atomic E-state index is 0.104. The third-order valence-corrected chi connectivity index (χ3v) is 3.04. The highest BCUT2D eigenvalue weighted by Gasteiger charge is 2.17. The molecule has 2 rings (SSSR count). The van der Waals surface area contributed by atoms with Crippen molar-refractivity contribution >= 4 is 5.91 Å². The highest BCUT2D eigenvalue weighted by molar-refractivity contribution is 5.81. The maximum absolute atomic E-state index is 11.7. The lowest BCUT2D eigenvalue weighted by molar-refractivity contribution is -0.123. The molecule has 5 heteroatoms. The van der Waals surface area contributed by atoms with Crippen LogP contribution in [0.25, 0.3) is 11.5 Å². The normalized spacial score (nSPS) is 12.4. The molecule has 3 N–H and O–H groups in total. The fourth-order valence-electron chi connectivity index (χ4n) is 1.70. The van der Waals surface area contributed by atoms with E-state index in [1.807, 2.05) is 44.2 Å². The van der Waals surface area contributed by atoms with E-state index in [2.05, 4.69) is 10.3 Å². The number of aromatic nitrogens is 1. The molecule has 0 radical (unpaired) electrons. The van der Waals surface area contributed by atoms with Crippen molar-refractivity contribution in [2.75, 3.05) is 0 Å². The number of nitrogens with two attached hydrogens (primary N) is 1. The van der Waals surface area contributed by atoms with Crippen molar-refractivity contribution in [2.45, 2.75) is 26.4 Å². The molecular formula is C15H19N3O2. The highest BCUT2D eigenvalue weighted by Crippen LogP contribution is 2.17. The second-order valence-corrected chi connectivity index (χ2v) is 5.00. The summed E-state index contributed by atoms with van der Waals surface area (Å²) in [4.78, 5) is 16.1. The van der Waals surface area contributed by atoms with Crippen LogP contribution in [0.5, 0.6) is 0 Å². The van der Waals surface area contributed by atoms with Crippen LogP contribution < -0.4 is 11.1 Å². The number of oxazole rings is 1. The van der Waals surface area contributed by atoms with E-state index in [0.29, 0.717) is 18.1 Å². The van der Waals surface area contributed by atoms with Crippen molar-refractivity contribution in [1.82, 2.24) is 10.3 Å². The van der Waals surface area contributed by atoms with E-state index in [9.17, 15) is 4.79 Å². The summed E-state index contributed by atoms with van der Waals surface area (Å²) in [7, 11) is 0. The van der Waals surface area contributed by atoms with Crippen LogP contribution >= 0.6 is 0 Å². The topological polar surface area (TPSA) is 81.2 Å². The van der Waals surface area contributed by atoms with Crippen LogP contribution in [0.1, 0.15) is 19.5 Å². The Morgan fingerprint density at radius 1 is 1.35 bits per heavy atom. The molecular weight excluding hydrogens is 254 g/mol. The Labute approximate surface area is 118 Å². The van der Waals surface area contributed by atoms with E-state index < -0.39 is 6.04 Å². The summed E-state index contributed by atoms with van der Waals surface area (Å²) < 4.78 is 5.40. The van der Waals surface area contributed by atoms with Gasteiger partial charge in [-0.3, -0.25) is 4.79 Å². The Kier molecular flexibility index (Phi) is 4.53. The summed E-state index contributed by atoms with van der Waals surface area (Å²) in [5, 5.41) is 2.76. The Hall–Kier alpha value is -2.14. The predicted octanol–water partition coefficient (Wildman–Crippen LogP) is 1.94. The monoisotopic (exact) mass is 273 g/mol. The van der Waals surface area contributed by atoms with Gasteiger partial charge in [-0.15, -0.1) is 0 Å². The number of nitrogens with zero attached hydrogens (tertiary/aromatic N) is 1. The van der Waals surface area contributed by atoms with Crippen LogP contribution in [0.15, 0.2) is 41.0 Å². The number of carbonyl (C=O) groups is 1. The maximum atomic E-state index is 11.7. The van der Waals surface area contributed by atoms with Gasteiger partial charge in [0.2, 0.25) is 11.8 Å². The first kappa shape index (κ1) is 14.3. The standard InChI is InChI=1S/C15H19N3O2/c1-10(2)13(16)14(19)17-8-12-9-20-15(18-12)11-6-4-3-5-7-11/h3-7,9-10,13H,8,16H2,1-2H3,(H,17,19)/t13-/m0/s1. The second-order valence-electron chi connectivity index (χ2n) is 5.00. The second kappa shape index (κ2) is 6.34. The molecule has 0 spiro atoms. The zero-order valence-corrected chi connectivity index (χ0v) is 11.7. The van der Waals surface area contributed by atoms with Gasteiger partial charge in [0.25, 0.3) is 0 Å². The Morgan fingerprint density at radius 3 is 2.70 bits per heavy atom. The molecule has 2 aromatic rings. The molecule has 20 heavy (non-hydrogen) atoms. The summed E-state index contributed by atoms with van der Waals surface area (Å²) in [5.41, 5.74) is 7.35. The molecule has 0 fully saturated rings. The number of nitrogens with one attached hydrogen (secondary N) is 1. The van der Waals surface area contributed by atoms with Crippen molar-refractivity contribution in [3.8, 4) is 11.5 Å². The smallest absolute Gasteiger partial charge is 0.237 e. The molecule has 106 valence electrons. The van der Waals surface area contributed by atoms with E-state index in [-0.39, 0.29) is 11.8 Å². The quantitative estimate of drug-likeness (QED) is 0.872. The van der Waals surface area contributed by atoms with Gasteiger partial charge in [-0.2, -0.15) is 0 Å². The van der Waals surface area contributed by atoms with Gasteiger partial charge >= 0.3 is 0 Å². The average molecular weight is 273 g/mol. The van der Waals surface area contributed by atoms with E-state index >= 15 is 0 Å². The number of carbonyl (C=O) groups excluding carboxylic acids is 1. The summed E-state index contributed by atoms with van der Waals surface area (Å²) in [5.74, 6) is 0.472. The van der Waals surface area contributed by atoms with Crippen LogP contribution in [-0.4, -0.2) is 16.9 Å². The SMILES string of the molecule is CC(C)[C@H](N)C(=O)NCc1coc(-c2ccccc2)n1. The Balaban J connectivity index is 1.96. The minimum atomic E-state index is -0.504. The molecule has 0 saturated carbocycles. The fraction of sp³-hybridized carbons (Fsp3) is 0.333. The van der Waals surface area contributed by atoms with Gasteiger partial charge in [0.15, 0.2) is 0 Å². The summed E-state index contributed by atoms with van der Waals surface area (Å²) in [6, 6.07) is 9.10. The molecule has 0 bridgehead atoms. The van der Waals surface area contributed by atoms with Crippen LogP contribution in [0.4, 0.5) is 0 Å². The molecule has 1 aromatic carbocycles.